The molecule has 0 unspecified atom stereocenters. The molecule has 32 heavy (non-hydrogen) atoms. The number of rotatable bonds is 28. The van der Waals surface area contributed by atoms with Crippen LogP contribution in [0.4, 0.5) is 0 Å². The van der Waals surface area contributed by atoms with E-state index in [0.717, 1.165) is 12.8 Å². The zero-order valence-electron chi connectivity index (χ0n) is 22.1. The molecule has 0 heterocycles. The third-order valence-electron chi connectivity index (χ3n) is 6.84. The fraction of sp³-hybridized carbons (Fsp3) is 1.00. The third kappa shape index (κ3) is 26.1. The van der Waals surface area contributed by atoms with Crippen LogP contribution in [-0.4, -0.2) is 48.0 Å². The lowest BCUT2D eigenvalue weighted by Gasteiger charge is -2.22. The van der Waals surface area contributed by atoms with Crippen molar-refractivity contribution < 1.29 is 10.2 Å². The summed E-state index contributed by atoms with van der Waals surface area (Å²) in [5, 5.41) is 17.8. The van der Waals surface area contributed by atoms with E-state index in [0.29, 0.717) is 13.2 Å². The van der Waals surface area contributed by atoms with E-state index in [1.807, 2.05) is 0 Å². The summed E-state index contributed by atoms with van der Waals surface area (Å²) in [5.41, 5.74) is 0. The molecule has 3 heteroatoms. The molecule has 0 saturated heterocycles. The van der Waals surface area contributed by atoms with Crippen molar-refractivity contribution in [2.75, 3.05) is 32.8 Å². The normalized spacial score (nSPS) is 11.6. The maximum absolute atomic E-state index is 8.89. The second-order valence-corrected chi connectivity index (χ2v) is 10.1. The van der Waals surface area contributed by atoms with Crippen molar-refractivity contribution in [3.05, 3.63) is 0 Å². The Kier molecular flexibility index (Phi) is 28.8. The highest BCUT2D eigenvalue weighted by molar-refractivity contribution is 4.60. The first-order valence-corrected chi connectivity index (χ1v) is 14.8. The second-order valence-electron chi connectivity index (χ2n) is 10.1. The van der Waals surface area contributed by atoms with Gasteiger partial charge >= 0.3 is 0 Å². The largest absolute Gasteiger partial charge is 0.396 e. The SMILES string of the molecule is CCCCCCCCCCCCCN(CCCCCCCCO)CCCCCCCCO. The maximum Gasteiger partial charge on any atom is 0.0431 e. The van der Waals surface area contributed by atoms with E-state index in [1.54, 1.807) is 0 Å². The molecule has 194 valence electrons. The summed E-state index contributed by atoms with van der Waals surface area (Å²) in [6, 6.07) is 0. The lowest BCUT2D eigenvalue weighted by atomic mass is 10.1. The Morgan fingerprint density at radius 1 is 0.344 bits per heavy atom. The molecular weight excluding hydrogens is 394 g/mol. The molecule has 0 aromatic rings. The van der Waals surface area contributed by atoms with Gasteiger partial charge in [-0.1, -0.05) is 122 Å². The highest BCUT2D eigenvalue weighted by atomic mass is 16.3. The molecular formula is C29H61NO2. The Hall–Kier alpha value is -0.120. The van der Waals surface area contributed by atoms with E-state index < -0.39 is 0 Å². The average molecular weight is 456 g/mol. The molecule has 0 aromatic carbocycles. The second kappa shape index (κ2) is 28.9. The molecule has 0 saturated carbocycles. The van der Waals surface area contributed by atoms with Gasteiger partial charge in [0.25, 0.3) is 0 Å². The molecule has 3 nitrogen and oxygen atoms in total. The molecule has 2 N–H and O–H groups in total. The number of aliphatic hydroxyl groups excluding tert-OH is 2. The van der Waals surface area contributed by atoms with Crippen molar-refractivity contribution in [1.29, 1.82) is 0 Å². The molecule has 0 rings (SSSR count). The van der Waals surface area contributed by atoms with Crippen molar-refractivity contribution >= 4 is 0 Å². The fourth-order valence-corrected chi connectivity index (χ4v) is 4.64. The Balaban J connectivity index is 3.78. The van der Waals surface area contributed by atoms with Crippen LogP contribution >= 0.6 is 0 Å². The highest BCUT2D eigenvalue weighted by Gasteiger charge is 2.05. The minimum atomic E-state index is 0.354. The third-order valence-corrected chi connectivity index (χ3v) is 6.84. The van der Waals surface area contributed by atoms with Gasteiger partial charge in [0, 0.05) is 13.2 Å². The number of aliphatic hydroxyl groups is 2. The molecule has 0 aromatic heterocycles. The van der Waals surface area contributed by atoms with E-state index >= 15 is 0 Å². The molecule has 0 spiro atoms. The summed E-state index contributed by atoms with van der Waals surface area (Å²) >= 11 is 0. The molecule has 0 atom stereocenters. The molecule has 0 bridgehead atoms. The fourth-order valence-electron chi connectivity index (χ4n) is 4.64. The number of nitrogens with zero attached hydrogens (tertiary/aromatic N) is 1. The van der Waals surface area contributed by atoms with Crippen molar-refractivity contribution in [3.63, 3.8) is 0 Å². The molecule has 0 aliphatic rings. The predicted molar refractivity (Wildman–Crippen MR) is 142 cm³/mol. The predicted octanol–water partition coefficient (Wildman–Crippen LogP) is 8.27. The van der Waals surface area contributed by atoms with Gasteiger partial charge in [-0.05, 0) is 51.7 Å². The van der Waals surface area contributed by atoms with Crippen LogP contribution in [0.2, 0.25) is 0 Å². The van der Waals surface area contributed by atoms with E-state index in [-0.39, 0.29) is 0 Å². The van der Waals surface area contributed by atoms with Crippen molar-refractivity contribution in [2.45, 2.75) is 155 Å². The van der Waals surface area contributed by atoms with Crippen molar-refractivity contribution in [3.8, 4) is 0 Å². The smallest absolute Gasteiger partial charge is 0.0431 e. The quantitative estimate of drug-likeness (QED) is 0.117. The first-order chi connectivity index (χ1) is 15.8. The van der Waals surface area contributed by atoms with Gasteiger partial charge in [-0.2, -0.15) is 0 Å². The van der Waals surface area contributed by atoms with Crippen molar-refractivity contribution in [1.82, 2.24) is 4.90 Å². The first-order valence-electron chi connectivity index (χ1n) is 14.8. The summed E-state index contributed by atoms with van der Waals surface area (Å²) in [4.78, 5) is 2.75. The van der Waals surface area contributed by atoms with Gasteiger partial charge in [-0.3, -0.25) is 0 Å². The van der Waals surface area contributed by atoms with Gasteiger partial charge in [0.1, 0.15) is 0 Å². The summed E-state index contributed by atoms with van der Waals surface area (Å²) < 4.78 is 0. The molecule has 0 amide bonds. The first kappa shape index (κ1) is 31.9. The molecule has 0 aliphatic carbocycles. The summed E-state index contributed by atoms with van der Waals surface area (Å²) in [6.45, 7) is 6.86. The molecule has 0 fully saturated rings. The topological polar surface area (TPSA) is 43.7 Å². The van der Waals surface area contributed by atoms with Crippen LogP contribution in [0.5, 0.6) is 0 Å². The van der Waals surface area contributed by atoms with Crippen LogP contribution in [0.1, 0.15) is 155 Å². The van der Waals surface area contributed by atoms with Crippen LogP contribution in [0.15, 0.2) is 0 Å². The average Bonchev–Trinajstić information content (AvgIpc) is 2.80. The Morgan fingerprint density at radius 2 is 0.594 bits per heavy atom. The highest BCUT2D eigenvalue weighted by Crippen LogP contribution is 2.13. The van der Waals surface area contributed by atoms with Crippen LogP contribution < -0.4 is 0 Å². The maximum atomic E-state index is 8.89. The van der Waals surface area contributed by atoms with Crippen LogP contribution in [0.3, 0.4) is 0 Å². The Bertz CT molecular complexity index is 306. The van der Waals surface area contributed by atoms with E-state index in [2.05, 4.69) is 11.8 Å². The number of hydrogen-bond donors (Lipinski definition) is 2. The van der Waals surface area contributed by atoms with Crippen LogP contribution in [0, 0.1) is 0 Å². The van der Waals surface area contributed by atoms with Gasteiger partial charge in [-0.15, -0.1) is 0 Å². The zero-order valence-corrected chi connectivity index (χ0v) is 22.1. The van der Waals surface area contributed by atoms with E-state index in [1.165, 1.54) is 154 Å². The standard InChI is InChI=1S/C29H61NO2/c1-2-3-4-5-6-7-8-9-10-15-20-25-30(26-21-16-11-13-18-23-28-31)27-22-17-12-14-19-24-29-32/h31-32H,2-29H2,1H3. The molecule has 0 radical (unpaired) electrons. The van der Waals surface area contributed by atoms with Crippen molar-refractivity contribution in [2.24, 2.45) is 0 Å². The van der Waals surface area contributed by atoms with Crippen LogP contribution in [-0.2, 0) is 0 Å². The van der Waals surface area contributed by atoms with Crippen LogP contribution in [0.25, 0.3) is 0 Å². The van der Waals surface area contributed by atoms with E-state index in [9.17, 15) is 0 Å². The van der Waals surface area contributed by atoms with Gasteiger partial charge in [0.05, 0.1) is 0 Å². The number of unbranched alkanes of at least 4 members (excludes halogenated alkanes) is 20. The Morgan fingerprint density at radius 3 is 0.875 bits per heavy atom. The molecule has 0 aliphatic heterocycles. The van der Waals surface area contributed by atoms with Gasteiger partial charge < -0.3 is 15.1 Å². The number of hydrogen-bond acceptors (Lipinski definition) is 3. The minimum Gasteiger partial charge on any atom is -0.396 e. The summed E-state index contributed by atoms with van der Waals surface area (Å²) in [5.74, 6) is 0. The van der Waals surface area contributed by atoms with Gasteiger partial charge in [0.2, 0.25) is 0 Å². The van der Waals surface area contributed by atoms with E-state index in [4.69, 9.17) is 10.2 Å². The van der Waals surface area contributed by atoms with Gasteiger partial charge in [-0.25, -0.2) is 0 Å². The minimum absolute atomic E-state index is 0.354. The summed E-state index contributed by atoms with van der Waals surface area (Å²) in [7, 11) is 0. The lowest BCUT2D eigenvalue weighted by molar-refractivity contribution is 0.252. The Labute approximate surface area is 202 Å². The van der Waals surface area contributed by atoms with Gasteiger partial charge in [0.15, 0.2) is 0 Å². The lowest BCUT2D eigenvalue weighted by Crippen LogP contribution is -2.27. The zero-order chi connectivity index (χ0) is 23.4. The monoisotopic (exact) mass is 455 g/mol. The summed E-state index contributed by atoms with van der Waals surface area (Å²) in [6.07, 6.45) is 30.6.